The minimum atomic E-state index is -0.232. The van der Waals surface area contributed by atoms with Crippen molar-refractivity contribution in [1.82, 2.24) is 14.8 Å². The van der Waals surface area contributed by atoms with E-state index in [1.165, 1.54) is 0 Å². The van der Waals surface area contributed by atoms with E-state index >= 15 is 0 Å². The fourth-order valence-corrected chi connectivity index (χ4v) is 4.79. The highest BCUT2D eigenvalue weighted by molar-refractivity contribution is 7.99. The van der Waals surface area contributed by atoms with Gasteiger partial charge in [-0.25, -0.2) is 4.68 Å². The van der Waals surface area contributed by atoms with E-state index in [-0.39, 0.29) is 17.2 Å². The van der Waals surface area contributed by atoms with Gasteiger partial charge in [0.25, 0.3) is 0 Å². The molecule has 2 aromatic rings. The number of aromatic nitrogens is 3. The summed E-state index contributed by atoms with van der Waals surface area (Å²) in [7, 11) is 4.05. The van der Waals surface area contributed by atoms with Crippen LogP contribution in [0, 0.1) is 5.41 Å². The number of Topliss-reactive ketones (excluding diaryl/α,β-unsaturated/α-hetero) is 1. The zero-order valence-electron chi connectivity index (χ0n) is 17.8. The summed E-state index contributed by atoms with van der Waals surface area (Å²) in [6, 6.07) is 8.17. The molecule has 1 N–H and O–H groups in total. The molecular weight excluding hydrogens is 382 g/mol. The number of fused-ring (bicyclic) bond motifs is 1. The molecule has 0 radical (unpaired) electrons. The normalized spacial score (nSPS) is 20.2. The molecule has 4 rings (SSSR count). The number of allylic oxidation sites excluding steroid dienone is 2. The van der Waals surface area contributed by atoms with Crippen LogP contribution in [0.3, 0.4) is 0 Å². The number of hydrogen-bond donors (Lipinski definition) is 1. The zero-order valence-corrected chi connectivity index (χ0v) is 18.6. The molecule has 6 nitrogen and oxygen atoms in total. The first-order valence-electron chi connectivity index (χ1n) is 10.2. The van der Waals surface area contributed by atoms with E-state index in [2.05, 4.69) is 55.3 Å². The van der Waals surface area contributed by atoms with Gasteiger partial charge in [0.1, 0.15) is 6.04 Å². The summed E-state index contributed by atoms with van der Waals surface area (Å²) in [5.74, 6) is 1.91. The van der Waals surface area contributed by atoms with Crippen LogP contribution >= 0.6 is 11.8 Å². The summed E-state index contributed by atoms with van der Waals surface area (Å²) >= 11 is 1.66. The highest BCUT2D eigenvalue weighted by atomic mass is 32.2. The van der Waals surface area contributed by atoms with E-state index in [0.717, 1.165) is 52.2 Å². The molecule has 2 aliphatic rings. The summed E-state index contributed by atoms with van der Waals surface area (Å²) in [4.78, 5) is 20.0. The van der Waals surface area contributed by atoms with E-state index < -0.39 is 0 Å². The predicted octanol–water partition coefficient (Wildman–Crippen LogP) is 4.50. The van der Waals surface area contributed by atoms with Gasteiger partial charge in [0.2, 0.25) is 11.1 Å². The summed E-state index contributed by atoms with van der Waals surface area (Å²) < 4.78 is 1.90. The molecule has 7 heteroatoms. The fourth-order valence-electron chi connectivity index (χ4n) is 4.11. The first-order valence-corrected chi connectivity index (χ1v) is 11.2. The number of rotatable bonds is 5. The van der Waals surface area contributed by atoms with Crippen LogP contribution < -0.4 is 10.2 Å². The second kappa shape index (κ2) is 7.52. The standard InChI is InChI=1S/C22H29N5OS/c1-6-11-29-21-24-20-23-16-12-22(2,3)13-17(28)18(16)19(27(20)25-21)14-7-9-15(10-8-14)26(4)5/h7-10,19H,6,11-13H2,1-5H3,(H,23,24,25). The van der Waals surface area contributed by atoms with E-state index in [9.17, 15) is 4.79 Å². The SMILES string of the molecule is CCCSc1nc2n(n1)C(c1ccc(N(C)C)cc1)C1=C(CC(C)(C)CC1=O)N2. The molecule has 0 fully saturated rings. The lowest BCUT2D eigenvalue weighted by molar-refractivity contribution is -0.118. The first kappa shape index (κ1) is 20.0. The second-order valence-corrected chi connectivity index (χ2v) is 9.92. The molecule has 1 unspecified atom stereocenters. The van der Waals surface area contributed by atoms with Gasteiger partial charge in [-0.15, -0.1) is 5.10 Å². The molecule has 154 valence electrons. The van der Waals surface area contributed by atoms with Gasteiger partial charge in [0.05, 0.1) is 0 Å². The van der Waals surface area contributed by atoms with Crippen molar-refractivity contribution in [3.63, 3.8) is 0 Å². The van der Waals surface area contributed by atoms with Gasteiger partial charge in [-0.1, -0.05) is 44.7 Å². The van der Waals surface area contributed by atoms with Gasteiger partial charge in [-0.3, -0.25) is 4.79 Å². The Hall–Kier alpha value is -2.28. The fraction of sp³-hybridized carbons (Fsp3) is 0.500. The monoisotopic (exact) mass is 411 g/mol. The molecule has 1 aliphatic heterocycles. The van der Waals surface area contributed by atoms with Crippen LogP contribution in [0.1, 0.15) is 51.6 Å². The highest BCUT2D eigenvalue weighted by Gasteiger charge is 2.41. The highest BCUT2D eigenvalue weighted by Crippen LogP contribution is 2.45. The molecule has 0 saturated heterocycles. The average molecular weight is 412 g/mol. The third-order valence-corrected chi connectivity index (χ3v) is 6.52. The molecule has 29 heavy (non-hydrogen) atoms. The minimum Gasteiger partial charge on any atom is -0.378 e. The largest absolute Gasteiger partial charge is 0.378 e. The summed E-state index contributed by atoms with van der Waals surface area (Å²) in [5.41, 5.74) is 3.98. The number of anilines is 2. The maximum Gasteiger partial charge on any atom is 0.227 e. The molecule has 1 aromatic heterocycles. The van der Waals surface area contributed by atoms with E-state index in [0.29, 0.717) is 6.42 Å². The smallest absolute Gasteiger partial charge is 0.227 e. The molecule has 1 atom stereocenters. The maximum atomic E-state index is 13.2. The lowest BCUT2D eigenvalue weighted by Crippen LogP contribution is -2.36. The van der Waals surface area contributed by atoms with E-state index in [1.807, 2.05) is 18.8 Å². The van der Waals surface area contributed by atoms with Crippen molar-refractivity contribution >= 4 is 29.2 Å². The van der Waals surface area contributed by atoms with Crippen molar-refractivity contribution < 1.29 is 4.79 Å². The number of nitrogens with one attached hydrogen (secondary N) is 1. The maximum absolute atomic E-state index is 13.2. The lowest BCUT2D eigenvalue weighted by Gasteiger charge is -2.38. The van der Waals surface area contributed by atoms with Gasteiger partial charge < -0.3 is 10.2 Å². The molecule has 1 aliphatic carbocycles. The van der Waals surface area contributed by atoms with Crippen molar-refractivity contribution in [3.8, 4) is 0 Å². The molecule has 0 spiro atoms. The third kappa shape index (κ3) is 3.80. The van der Waals surface area contributed by atoms with Gasteiger partial charge in [0, 0.05) is 43.2 Å². The van der Waals surface area contributed by atoms with Crippen molar-refractivity contribution in [3.05, 3.63) is 41.1 Å². The van der Waals surface area contributed by atoms with Crippen LogP contribution in [0.5, 0.6) is 0 Å². The van der Waals surface area contributed by atoms with Crippen LogP contribution in [0.15, 0.2) is 40.7 Å². The minimum absolute atomic E-state index is 0.0514. The van der Waals surface area contributed by atoms with Crippen LogP contribution in [-0.2, 0) is 4.79 Å². The van der Waals surface area contributed by atoms with Crippen LogP contribution in [0.2, 0.25) is 0 Å². The Morgan fingerprint density at radius 1 is 1.24 bits per heavy atom. The molecular formula is C22H29N5OS. The van der Waals surface area contributed by atoms with E-state index in [4.69, 9.17) is 10.1 Å². The predicted molar refractivity (Wildman–Crippen MR) is 119 cm³/mol. The number of carbonyl (C=O) groups is 1. The van der Waals surface area contributed by atoms with Crippen molar-refractivity contribution in [1.29, 1.82) is 0 Å². The van der Waals surface area contributed by atoms with Crippen molar-refractivity contribution in [2.45, 2.75) is 51.2 Å². The number of benzene rings is 1. The summed E-state index contributed by atoms with van der Waals surface area (Å²) in [6.07, 6.45) is 2.46. The third-order valence-electron chi connectivity index (χ3n) is 5.47. The number of nitrogens with zero attached hydrogens (tertiary/aromatic N) is 4. The van der Waals surface area contributed by atoms with Crippen LogP contribution in [0.4, 0.5) is 11.6 Å². The van der Waals surface area contributed by atoms with Gasteiger partial charge in [0.15, 0.2) is 5.78 Å². The quantitative estimate of drug-likeness (QED) is 0.731. The van der Waals surface area contributed by atoms with Crippen LogP contribution in [-0.4, -0.2) is 40.4 Å². The van der Waals surface area contributed by atoms with Crippen molar-refractivity contribution in [2.75, 3.05) is 30.1 Å². The molecule has 0 amide bonds. The number of thioether (sulfide) groups is 1. The Morgan fingerprint density at radius 3 is 2.62 bits per heavy atom. The molecule has 0 saturated carbocycles. The Balaban J connectivity index is 1.81. The number of ketones is 1. The molecule has 1 aromatic carbocycles. The Morgan fingerprint density at radius 2 is 1.97 bits per heavy atom. The Labute approximate surface area is 176 Å². The summed E-state index contributed by atoms with van der Waals surface area (Å²) in [6.45, 7) is 6.45. The Kier molecular flexibility index (Phi) is 5.19. The van der Waals surface area contributed by atoms with Crippen molar-refractivity contribution in [2.24, 2.45) is 5.41 Å². The molecule has 2 heterocycles. The first-order chi connectivity index (χ1) is 13.8. The van der Waals surface area contributed by atoms with Gasteiger partial charge >= 0.3 is 0 Å². The molecule has 0 bridgehead atoms. The second-order valence-electron chi connectivity index (χ2n) is 8.86. The van der Waals surface area contributed by atoms with E-state index in [1.54, 1.807) is 11.8 Å². The topological polar surface area (TPSA) is 63.1 Å². The summed E-state index contributed by atoms with van der Waals surface area (Å²) in [5, 5.41) is 8.97. The van der Waals surface area contributed by atoms with Gasteiger partial charge in [-0.05, 0) is 36.0 Å². The average Bonchev–Trinajstić information content (AvgIpc) is 3.06. The van der Waals surface area contributed by atoms with Gasteiger partial charge in [-0.2, -0.15) is 4.98 Å². The number of carbonyl (C=O) groups excluding carboxylic acids is 1. The number of hydrogen-bond acceptors (Lipinski definition) is 6. The Bertz CT molecular complexity index is 958. The lowest BCUT2D eigenvalue weighted by atomic mass is 9.73. The van der Waals surface area contributed by atoms with Crippen LogP contribution in [0.25, 0.3) is 0 Å². The zero-order chi connectivity index (χ0) is 20.8.